The third kappa shape index (κ3) is 3.64. The Balaban J connectivity index is 1.79. The number of phenolic OH excluding ortho intramolecular Hbond substituents is 1. The van der Waals surface area contributed by atoms with Crippen molar-refractivity contribution >= 4 is 11.8 Å². The molecule has 130 valence electrons. The van der Waals surface area contributed by atoms with Crippen LogP contribution in [0.2, 0.25) is 0 Å². The second kappa shape index (κ2) is 6.94. The lowest BCUT2D eigenvalue weighted by Gasteiger charge is -2.36. The Morgan fingerprint density at radius 3 is 2.40 bits per heavy atom. The first kappa shape index (κ1) is 17.0. The molecule has 3 rings (SSSR count). The summed E-state index contributed by atoms with van der Waals surface area (Å²) in [5.41, 5.74) is 14.5. The largest absolute Gasteiger partial charge is 0.508 e. The minimum Gasteiger partial charge on any atom is -0.508 e. The van der Waals surface area contributed by atoms with Crippen molar-refractivity contribution in [2.75, 3.05) is 0 Å². The molecule has 0 bridgehead atoms. The number of carbonyl (C=O) groups excluding carboxylic acids is 2. The van der Waals surface area contributed by atoms with E-state index >= 15 is 0 Å². The van der Waals surface area contributed by atoms with Crippen LogP contribution in [0, 0.1) is 0 Å². The average Bonchev–Trinajstić information content (AvgIpc) is 2.61. The van der Waals surface area contributed by atoms with Crippen molar-refractivity contribution in [1.82, 2.24) is 4.90 Å². The van der Waals surface area contributed by atoms with Gasteiger partial charge in [0.1, 0.15) is 11.8 Å². The predicted octanol–water partition coefficient (Wildman–Crippen LogP) is 0.701. The van der Waals surface area contributed by atoms with Crippen LogP contribution in [0.15, 0.2) is 48.5 Å². The third-order valence-corrected chi connectivity index (χ3v) is 4.57. The number of aromatic hydroxyl groups is 1. The quantitative estimate of drug-likeness (QED) is 0.761. The van der Waals surface area contributed by atoms with Crippen LogP contribution in [-0.2, 0) is 29.0 Å². The van der Waals surface area contributed by atoms with E-state index in [-0.39, 0.29) is 11.7 Å². The van der Waals surface area contributed by atoms with Crippen molar-refractivity contribution in [2.45, 2.75) is 31.5 Å². The SMILES string of the molecule is NC(=O)[C@@H]1Cc2ccccc2CN1C(=O)[C@H](N)Cc1ccc(O)cc1. The molecule has 6 heteroatoms. The van der Waals surface area contributed by atoms with Gasteiger partial charge in [-0.05, 0) is 35.2 Å². The van der Waals surface area contributed by atoms with E-state index < -0.39 is 18.0 Å². The van der Waals surface area contributed by atoms with Gasteiger partial charge in [0.2, 0.25) is 11.8 Å². The Hall–Kier alpha value is -2.86. The fourth-order valence-corrected chi connectivity index (χ4v) is 3.20. The van der Waals surface area contributed by atoms with E-state index in [1.807, 2.05) is 24.3 Å². The maximum Gasteiger partial charge on any atom is 0.240 e. The highest BCUT2D eigenvalue weighted by Gasteiger charge is 2.35. The van der Waals surface area contributed by atoms with Crippen molar-refractivity contribution in [1.29, 1.82) is 0 Å². The number of amides is 2. The number of hydrogen-bond acceptors (Lipinski definition) is 4. The van der Waals surface area contributed by atoms with E-state index in [1.165, 1.54) is 4.90 Å². The summed E-state index contributed by atoms with van der Waals surface area (Å²) in [6.07, 6.45) is 0.728. The van der Waals surface area contributed by atoms with Gasteiger partial charge in [0.05, 0.1) is 6.04 Å². The van der Waals surface area contributed by atoms with Crippen molar-refractivity contribution in [3.8, 4) is 5.75 Å². The zero-order valence-corrected chi connectivity index (χ0v) is 13.8. The highest BCUT2D eigenvalue weighted by molar-refractivity contribution is 5.89. The summed E-state index contributed by atoms with van der Waals surface area (Å²) in [5.74, 6) is -0.670. The summed E-state index contributed by atoms with van der Waals surface area (Å²) < 4.78 is 0. The molecule has 1 aliphatic rings. The number of phenols is 1. The number of nitrogens with zero attached hydrogens (tertiary/aromatic N) is 1. The van der Waals surface area contributed by atoms with E-state index in [2.05, 4.69) is 0 Å². The van der Waals surface area contributed by atoms with Crippen molar-refractivity contribution in [3.05, 3.63) is 65.2 Å². The summed E-state index contributed by atoms with van der Waals surface area (Å²) >= 11 is 0. The predicted molar refractivity (Wildman–Crippen MR) is 93.5 cm³/mol. The summed E-state index contributed by atoms with van der Waals surface area (Å²) in [6, 6.07) is 12.8. The van der Waals surface area contributed by atoms with E-state index in [1.54, 1.807) is 24.3 Å². The molecule has 0 aromatic heterocycles. The number of rotatable bonds is 4. The number of primary amides is 1. The molecule has 2 aromatic carbocycles. The molecule has 1 aliphatic heterocycles. The molecule has 0 radical (unpaired) electrons. The Morgan fingerprint density at radius 1 is 1.12 bits per heavy atom. The highest BCUT2D eigenvalue weighted by atomic mass is 16.3. The fraction of sp³-hybridized carbons (Fsp3) is 0.263. The molecule has 0 saturated heterocycles. The minimum atomic E-state index is -0.781. The van der Waals surface area contributed by atoms with Gasteiger partial charge in [-0.1, -0.05) is 36.4 Å². The monoisotopic (exact) mass is 339 g/mol. The molecule has 25 heavy (non-hydrogen) atoms. The lowest BCUT2D eigenvalue weighted by Crippen LogP contribution is -2.55. The van der Waals surface area contributed by atoms with Crippen LogP contribution < -0.4 is 11.5 Å². The molecule has 0 saturated carbocycles. The Kier molecular flexibility index (Phi) is 4.72. The molecular formula is C19H21N3O3. The van der Waals surface area contributed by atoms with Crippen molar-refractivity contribution < 1.29 is 14.7 Å². The van der Waals surface area contributed by atoms with Gasteiger partial charge in [0.15, 0.2) is 0 Å². The van der Waals surface area contributed by atoms with Gasteiger partial charge in [0.25, 0.3) is 0 Å². The Morgan fingerprint density at radius 2 is 1.76 bits per heavy atom. The minimum absolute atomic E-state index is 0.157. The molecule has 0 aliphatic carbocycles. The van der Waals surface area contributed by atoms with E-state index in [9.17, 15) is 14.7 Å². The molecule has 0 fully saturated rings. The molecule has 2 atom stereocenters. The van der Waals surface area contributed by atoms with Crippen LogP contribution in [0.4, 0.5) is 0 Å². The van der Waals surface area contributed by atoms with Crippen LogP contribution in [-0.4, -0.2) is 33.9 Å². The van der Waals surface area contributed by atoms with E-state index in [4.69, 9.17) is 11.5 Å². The maximum absolute atomic E-state index is 12.8. The topological polar surface area (TPSA) is 110 Å². The number of fused-ring (bicyclic) bond motifs is 1. The molecule has 6 nitrogen and oxygen atoms in total. The van der Waals surface area contributed by atoms with Crippen LogP contribution in [0.25, 0.3) is 0 Å². The molecule has 0 unspecified atom stereocenters. The standard InChI is InChI=1S/C19H21N3O3/c20-16(9-12-5-7-15(23)8-6-12)19(25)22-11-14-4-2-1-3-13(14)10-17(22)18(21)24/h1-8,16-17,23H,9-11,20H2,(H2,21,24)/t16-,17+/m1/s1. The van der Waals surface area contributed by atoms with Crippen LogP contribution in [0.3, 0.4) is 0 Å². The van der Waals surface area contributed by atoms with Crippen molar-refractivity contribution in [3.63, 3.8) is 0 Å². The van der Waals surface area contributed by atoms with Crippen molar-refractivity contribution in [2.24, 2.45) is 11.5 Å². The summed E-state index contributed by atoms with van der Waals surface area (Å²) in [6.45, 7) is 0.325. The van der Waals surface area contributed by atoms with Gasteiger partial charge in [-0.25, -0.2) is 0 Å². The molecule has 5 N–H and O–H groups in total. The number of carbonyl (C=O) groups is 2. The fourth-order valence-electron chi connectivity index (χ4n) is 3.20. The molecule has 2 aromatic rings. The summed E-state index contributed by atoms with van der Waals surface area (Å²) in [5, 5.41) is 9.33. The second-order valence-corrected chi connectivity index (χ2v) is 6.33. The Bertz CT molecular complexity index is 789. The first-order valence-electron chi connectivity index (χ1n) is 8.16. The first-order chi connectivity index (χ1) is 12.0. The lowest BCUT2D eigenvalue weighted by molar-refractivity contribution is -0.141. The van der Waals surface area contributed by atoms with Gasteiger partial charge >= 0.3 is 0 Å². The van der Waals surface area contributed by atoms with Crippen LogP contribution in [0.5, 0.6) is 5.75 Å². The molecule has 0 spiro atoms. The molecular weight excluding hydrogens is 318 g/mol. The average molecular weight is 339 g/mol. The third-order valence-electron chi connectivity index (χ3n) is 4.57. The van der Waals surface area contributed by atoms with E-state index in [0.29, 0.717) is 19.4 Å². The van der Waals surface area contributed by atoms with Gasteiger partial charge in [-0.2, -0.15) is 0 Å². The highest BCUT2D eigenvalue weighted by Crippen LogP contribution is 2.24. The molecule has 1 heterocycles. The maximum atomic E-state index is 12.8. The van der Waals surface area contributed by atoms with E-state index in [0.717, 1.165) is 16.7 Å². The lowest BCUT2D eigenvalue weighted by atomic mass is 9.92. The summed E-state index contributed by atoms with van der Waals surface area (Å²) in [4.78, 5) is 26.2. The zero-order chi connectivity index (χ0) is 18.0. The zero-order valence-electron chi connectivity index (χ0n) is 13.8. The Labute approximate surface area is 146 Å². The van der Waals surface area contributed by atoms with Gasteiger partial charge in [-0.15, -0.1) is 0 Å². The summed E-state index contributed by atoms with van der Waals surface area (Å²) in [7, 11) is 0. The van der Waals surface area contributed by atoms with Gasteiger partial charge in [-0.3, -0.25) is 9.59 Å². The first-order valence-corrected chi connectivity index (χ1v) is 8.16. The van der Waals surface area contributed by atoms with Crippen LogP contribution >= 0.6 is 0 Å². The van der Waals surface area contributed by atoms with Crippen LogP contribution in [0.1, 0.15) is 16.7 Å². The number of nitrogens with two attached hydrogens (primary N) is 2. The smallest absolute Gasteiger partial charge is 0.240 e. The normalized spacial score (nSPS) is 17.6. The van der Waals surface area contributed by atoms with Gasteiger partial charge in [0, 0.05) is 13.0 Å². The second-order valence-electron chi connectivity index (χ2n) is 6.33. The van der Waals surface area contributed by atoms with Gasteiger partial charge < -0.3 is 21.5 Å². The number of hydrogen-bond donors (Lipinski definition) is 3. The molecule has 2 amide bonds. The number of benzene rings is 2.